The number of carbonyl (C=O) groups is 1. The van der Waals surface area contributed by atoms with E-state index >= 15 is 0 Å². The van der Waals surface area contributed by atoms with Crippen LogP contribution in [0, 0.1) is 12.7 Å². The van der Waals surface area contributed by atoms with Crippen LogP contribution in [0.3, 0.4) is 0 Å². The molecule has 0 fully saturated rings. The van der Waals surface area contributed by atoms with Gasteiger partial charge in [0.2, 0.25) is 0 Å². The van der Waals surface area contributed by atoms with Crippen LogP contribution in [0.4, 0.5) is 4.39 Å². The Hall–Kier alpha value is -0.410. The van der Waals surface area contributed by atoms with E-state index in [1.165, 1.54) is 6.07 Å². The monoisotopic (exact) mass is 264 g/mol. The molecule has 1 nitrogen and oxygen atoms in total. The number of benzene rings is 1. The van der Waals surface area contributed by atoms with E-state index in [0.29, 0.717) is 4.47 Å². The van der Waals surface area contributed by atoms with Crippen molar-refractivity contribution >= 4 is 33.3 Å². The molecule has 0 spiro atoms. The van der Waals surface area contributed by atoms with Crippen LogP contribution in [-0.2, 0) is 0 Å². The summed E-state index contributed by atoms with van der Waals surface area (Å²) in [6.45, 7) is 1.79. The van der Waals surface area contributed by atoms with Gasteiger partial charge in [-0.1, -0.05) is 0 Å². The van der Waals surface area contributed by atoms with Crippen molar-refractivity contribution < 1.29 is 9.18 Å². The van der Waals surface area contributed by atoms with E-state index in [4.69, 9.17) is 11.6 Å². The maximum atomic E-state index is 13.3. The topological polar surface area (TPSA) is 17.1 Å². The fraction of sp³-hybridized carbons (Fsp3) is 0.222. The number of ketones is 1. The molecule has 1 aromatic carbocycles. The van der Waals surface area contributed by atoms with Crippen molar-refractivity contribution in [3.8, 4) is 0 Å². The van der Waals surface area contributed by atoms with Crippen LogP contribution >= 0.6 is 27.5 Å². The number of hydrogen-bond donors (Lipinski definition) is 0. The molecule has 13 heavy (non-hydrogen) atoms. The Kier molecular flexibility index (Phi) is 3.45. The minimum absolute atomic E-state index is 0.0434. The van der Waals surface area contributed by atoms with Gasteiger partial charge in [0.05, 0.1) is 15.9 Å². The van der Waals surface area contributed by atoms with Gasteiger partial charge in [0.1, 0.15) is 5.82 Å². The van der Waals surface area contributed by atoms with Gasteiger partial charge in [0.25, 0.3) is 0 Å². The van der Waals surface area contributed by atoms with Crippen LogP contribution in [-0.4, -0.2) is 11.7 Å². The Bertz CT molecular complexity index is 352. The van der Waals surface area contributed by atoms with Crippen molar-refractivity contribution in [3.63, 3.8) is 0 Å². The number of rotatable bonds is 2. The molecule has 0 N–H and O–H groups in total. The van der Waals surface area contributed by atoms with Crippen LogP contribution in [0.25, 0.3) is 0 Å². The lowest BCUT2D eigenvalue weighted by Gasteiger charge is -2.03. The maximum absolute atomic E-state index is 13.3. The van der Waals surface area contributed by atoms with Crippen LogP contribution < -0.4 is 0 Å². The van der Waals surface area contributed by atoms with Crippen molar-refractivity contribution in [2.24, 2.45) is 0 Å². The molecule has 70 valence electrons. The molecule has 0 aliphatic heterocycles. The summed E-state index contributed by atoms with van der Waals surface area (Å²) in [6.07, 6.45) is 0. The summed E-state index contributed by atoms with van der Waals surface area (Å²) in [6, 6.07) is 3.10. The van der Waals surface area contributed by atoms with Crippen molar-refractivity contribution in [2.45, 2.75) is 6.92 Å². The Morgan fingerprint density at radius 1 is 1.62 bits per heavy atom. The van der Waals surface area contributed by atoms with Gasteiger partial charge in [-0.2, -0.15) is 0 Å². The van der Waals surface area contributed by atoms with Gasteiger partial charge in [0.15, 0.2) is 5.78 Å². The third kappa shape index (κ3) is 2.29. The molecule has 0 saturated carbocycles. The number of aryl methyl sites for hydroxylation is 1. The van der Waals surface area contributed by atoms with E-state index in [1.807, 2.05) is 0 Å². The Balaban J connectivity index is 3.28. The van der Waals surface area contributed by atoms with E-state index in [9.17, 15) is 9.18 Å². The maximum Gasteiger partial charge on any atom is 0.180 e. The molecule has 0 amide bonds. The van der Waals surface area contributed by atoms with Gasteiger partial charge in [-0.05, 0) is 40.5 Å². The van der Waals surface area contributed by atoms with E-state index in [1.54, 1.807) is 13.0 Å². The van der Waals surface area contributed by atoms with Crippen LogP contribution in [0.1, 0.15) is 15.9 Å². The van der Waals surface area contributed by atoms with Crippen molar-refractivity contribution in [1.29, 1.82) is 0 Å². The van der Waals surface area contributed by atoms with Crippen molar-refractivity contribution in [1.82, 2.24) is 0 Å². The number of halogens is 3. The highest BCUT2D eigenvalue weighted by Crippen LogP contribution is 2.21. The molecule has 0 atom stereocenters. The van der Waals surface area contributed by atoms with Crippen LogP contribution in [0.2, 0.25) is 0 Å². The van der Waals surface area contributed by atoms with Crippen LogP contribution in [0.15, 0.2) is 16.6 Å². The largest absolute Gasteiger partial charge is 0.293 e. The first-order valence-electron chi connectivity index (χ1n) is 3.61. The lowest BCUT2D eigenvalue weighted by atomic mass is 10.1. The SMILES string of the molecule is Cc1cc(Br)c(F)c(C(=O)CCl)c1. The standard InChI is InChI=1S/C9H7BrClFO/c1-5-2-6(8(13)4-11)9(12)7(10)3-5/h2-3H,4H2,1H3. The second kappa shape index (κ2) is 4.20. The zero-order chi connectivity index (χ0) is 10.0. The summed E-state index contributed by atoms with van der Waals surface area (Å²) >= 11 is 8.36. The van der Waals surface area contributed by atoms with E-state index in [0.717, 1.165) is 5.56 Å². The molecule has 1 rings (SSSR count). The van der Waals surface area contributed by atoms with Gasteiger partial charge in [-0.3, -0.25) is 4.79 Å². The molecule has 0 aromatic heterocycles. The number of carbonyl (C=O) groups excluding carboxylic acids is 1. The Labute approximate surface area is 89.0 Å². The molecule has 1 aromatic rings. The number of Topliss-reactive ketones (excluding diaryl/α,β-unsaturated/α-hetero) is 1. The molecular formula is C9H7BrClFO. The third-order valence-electron chi connectivity index (χ3n) is 1.59. The Morgan fingerprint density at radius 2 is 2.23 bits per heavy atom. The van der Waals surface area contributed by atoms with Gasteiger partial charge in [-0.25, -0.2) is 4.39 Å². The smallest absolute Gasteiger partial charge is 0.180 e. The first-order chi connectivity index (χ1) is 6.06. The number of hydrogen-bond acceptors (Lipinski definition) is 1. The summed E-state index contributed by atoms with van der Waals surface area (Å²) < 4.78 is 13.6. The summed E-state index contributed by atoms with van der Waals surface area (Å²) in [5.74, 6) is -1.15. The lowest BCUT2D eigenvalue weighted by molar-refractivity contribution is 0.101. The highest BCUT2D eigenvalue weighted by molar-refractivity contribution is 9.10. The number of alkyl halides is 1. The highest BCUT2D eigenvalue weighted by Gasteiger charge is 2.13. The zero-order valence-corrected chi connectivity index (χ0v) is 9.25. The first-order valence-corrected chi connectivity index (χ1v) is 4.94. The molecule has 0 unspecified atom stereocenters. The summed E-state index contributed by atoms with van der Waals surface area (Å²) in [4.78, 5) is 11.1. The predicted octanol–water partition coefficient (Wildman–Crippen LogP) is 3.32. The average Bonchev–Trinajstić information content (AvgIpc) is 2.10. The minimum atomic E-state index is -0.545. The molecule has 0 aliphatic carbocycles. The molecular weight excluding hydrogens is 258 g/mol. The van der Waals surface area contributed by atoms with E-state index in [2.05, 4.69) is 15.9 Å². The quantitative estimate of drug-likeness (QED) is 0.592. The fourth-order valence-electron chi connectivity index (χ4n) is 0.999. The molecule has 4 heteroatoms. The fourth-order valence-corrected chi connectivity index (χ4v) is 1.72. The summed E-state index contributed by atoms with van der Waals surface area (Å²) in [5, 5.41) is 0. The predicted molar refractivity (Wildman–Crippen MR) is 53.9 cm³/mol. The van der Waals surface area contributed by atoms with E-state index in [-0.39, 0.29) is 11.4 Å². The van der Waals surface area contributed by atoms with Crippen molar-refractivity contribution in [3.05, 3.63) is 33.5 Å². The molecule has 0 radical (unpaired) electrons. The molecule has 0 heterocycles. The minimum Gasteiger partial charge on any atom is -0.293 e. The first kappa shape index (κ1) is 10.7. The van der Waals surface area contributed by atoms with Gasteiger partial charge in [0, 0.05) is 0 Å². The third-order valence-corrected chi connectivity index (χ3v) is 2.41. The summed E-state index contributed by atoms with van der Waals surface area (Å²) in [5.41, 5.74) is 0.864. The highest BCUT2D eigenvalue weighted by atomic mass is 79.9. The van der Waals surface area contributed by atoms with Crippen LogP contribution in [0.5, 0.6) is 0 Å². The lowest BCUT2D eigenvalue weighted by Crippen LogP contribution is -2.04. The molecule has 0 saturated heterocycles. The Morgan fingerprint density at radius 3 is 2.77 bits per heavy atom. The molecule has 0 bridgehead atoms. The summed E-state index contributed by atoms with van der Waals surface area (Å²) in [7, 11) is 0. The zero-order valence-electron chi connectivity index (χ0n) is 6.90. The van der Waals surface area contributed by atoms with E-state index < -0.39 is 11.6 Å². The van der Waals surface area contributed by atoms with Gasteiger partial charge >= 0.3 is 0 Å². The second-order valence-electron chi connectivity index (χ2n) is 2.67. The van der Waals surface area contributed by atoms with Crippen molar-refractivity contribution in [2.75, 3.05) is 5.88 Å². The average molecular weight is 266 g/mol. The van der Waals surface area contributed by atoms with Gasteiger partial charge < -0.3 is 0 Å². The second-order valence-corrected chi connectivity index (χ2v) is 3.79. The van der Waals surface area contributed by atoms with Gasteiger partial charge in [-0.15, -0.1) is 11.6 Å². The molecule has 0 aliphatic rings. The normalized spacial score (nSPS) is 10.2.